The van der Waals surface area contributed by atoms with Gasteiger partial charge in [-0.05, 0) is 30.2 Å². The zero-order valence-corrected chi connectivity index (χ0v) is 13.3. The summed E-state index contributed by atoms with van der Waals surface area (Å²) in [6.07, 6.45) is 5.65. The summed E-state index contributed by atoms with van der Waals surface area (Å²) >= 11 is 1.76. The molecule has 0 bridgehead atoms. The van der Waals surface area contributed by atoms with E-state index >= 15 is 0 Å². The van der Waals surface area contributed by atoms with E-state index in [1.165, 1.54) is 30.6 Å². The molecule has 0 spiro atoms. The normalized spacial score (nSPS) is 17.6. The Balaban J connectivity index is 1.89. The highest BCUT2D eigenvalue weighted by atomic mass is 32.1. The molecule has 2 rings (SSSR count). The molecule has 1 aliphatic carbocycles. The molecule has 1 aromatic rings. The standard InChI is InChI=1S/C16H26N2OS/c1-12(2)17-10-9-15(19)18-16(13-6-3-4-7-13)14-8-5-11-20-14/h5,8,11-13,16-17H,3-4,6-7,9-10H2,1-2H3,(H,18,19). The number of amides is 1. The molecule has 1 atom stereocenters. The number of rotatable bonds is 7. The van der Waals surface area contributed by atoms with E-state index < -0.39 is 0 Å². The van der Waals surface area contributed by atoms with Gasteiger partial charge in [-0.3, -0.25) is 4.79 Å². The fourth-order valence-electron chi connectivity index (χ4n) is 2.90. The van der Waals surface area contributed by atoms with Crippen molar-refractivity contribution in [2.75, 3.05) is 6.54 Å². The largest absolute Gasteiger partial charge is 0.348 e. The second kappa shape index (κ2) is 7.79. The van der Waals surface area contributed by atoms with Crippen molar-refractivity contribution in [3.8, 4) is 0 Å². The van der Waals surface area contributed by atoms with E-state index in [4.69, 9.17) is 0 Å². The van der Waals surface area contributed by atoms with E-state index in [9.17, 15) is 4.79 Å². The first-order valence-corrected chi connectivity index (χ1v) is 8.61. The number of carbonyl (C=O) groups is 1. The Morgan fingerprint density at radius 3 is 2.75 bits per heavy atom. The minimum Gasteiger partial charge on any atom is -0.348 e. The number of nitrogens with one attached hydrogen (secondary N) is 2. The maximum atomic E-state index is 12.1. The maximum Gasteiger partial charge on any atom is 0.221 e. The van der Waals surface area contributed by atoms with Crippen LogP contribution < -0.4 is 10.6 Å². The summed E-state index contributed by atoms with van der Waals surface area (Å²) in [6.45, 7) is 4.96. The van der Waals surface area contributed by atoms with Crippen molar-refractivity contribution in [2.45, 2.75) is 58.0 Å². The molecule has 0 radical (unpaired) electrons. The van der Waals surface area contributed by atoms with Gasteiger partial charge in [-0.15, -0.1) is 11.3 Å². The van der Waals surface area contributed by atoms with Gasteiger partial charge in [0.2, 0.25) is 5.91 Å². The lowest BCUT2D eigenvalue weighted by molar-refractivity contribution is -0.122. The number of hydrogen-bond acceptors (Lipinski definition) is 3. The Bertz CT molecular complexity index is 397. The highest BCUT2D eigenvalue weighted by molar-refractivity contribution is 7.10. The summed E-state index contributed by atoms with van der Waals surface area (Å²) in [5.41, 5.74) is 0. The summed E-state index contributed by atoms with van der Waals surface area (Å²) < 4.78 is 0. The van der Waals surface area contributed by atoms with Crippen molar-refractivity contribution in [1.29, 1.82) is 0 Å². The van der Waals surface area contributed by atoms with Crippen LogP contribution in [0.15, 0.2) is 17.5 Å². The van der Waals surface area contributed by atoms with Crippen LogP contribution in [0.25, 0.3) is 0 Å². The van der Waals surface area contributed by atoms with Crippen LogP contribution in [0.2, 0.25) is 0 Å². The molecule has 0 saturated heterocycles. The molecular formula is C16H26N2OS. The van der Waals surface area contributed by atoms with Crippen LogP contribution in [0, 0.1) is 5.92 Å². The van der Waals surface area contributed by atoms with Crippen LogP contribution in [0.3, 0.4) is 0 Å². The zero-order valence-electron chi connectivity index (χ0n) is 12.5. The quantitative estimate of drug-likeness (QED) is 0.808. The van der Waals surface area contributed by atoms with Crippen molar-refractivity contribution >= 4 is 17.2 Å². The fraction of sp³-hybridized carbons (Fsp3) is 0.688. The van der Waals surface area contributed by atoms with Gasteiger partial charge in [0.05, 0.1) is 6.04 Å². The Hall–Kier alpha value is -0.870. The predicted octanol–water partition coefficient (Wildman–Crippen LogP) is 3.48. The monoisotopic (exact) mass is 294 g/mol. The Labute approximate surface area is 126 Å². The van der Waals surface area contributed by atoms with Crippen LogP contribution in [0.5, 0.6) is 0 Å². The molecule has 1 saturated carbocycles. The highest BCUT2D eigenvalue weighted by Gasteiger charge is 2.28. The smallest absolute Gasteiger partial charge is 0.221 e. The number of carbonyl (C=O) groups excluding carboxylic acids is 1. The van der Waals surface area contributed by atoms with Gasteiger partial charge in [0.15, 0.2) is 0 Å². The molecule has 1 amide bonds. The van der Waals surface area contributed by atoms with Gasteiger partial charge in [-0.2, -0.15) is 0 Å². The topological polar surface area (TPSA) is 41.1 Å². The first-order chi connectivity index (χ1) is 9.66. The molecule has 1 fully saturated rings. The van der Waals surface area contributed by atoms with Crippen LogP contribution in [0.4, 0.5) is 0 Å². The lowest BCUT2D eigenvalue weighted by atomic mass is 9.96. The van der Waals surface area contributed by atoms with Gasteiger partial charge in [0, 0.05) is 23.9 Å². The van der Waals surface area contributed by atoms with Gasteiger partial charge >= 0.3 is 0 Å². The van der Waals surface area contributed by atoms with E-state index in [1.807, 2.05) is 0 Å². The molecule has 1 unspecified atom stereocenters. The van der Waals surface area contributed by atoms with Crippen molar-refractivity contribution in [2.24, 2.45) is 5.92 Å². The molecule has 2 N–H and O–H groups in total. The van der Waals surface area contributed by atoms with Crippen molar-refractivity contribution < 1.29 is 4.79 Å². The Kier molecular flexibility index (Phi) is 6.05. The molecule has 1 aliphatic rings. The van der Waals surface area contributed by atoms with Gasteiger partial charge in [0.25, 0.3) is 0 Å². The molecular weight excluding hydrogens is 268 g/mol. The summed E-state index contributed by atoms with van der Waals surface area (Å²) in [5, 5.41) is 8.66. The zero-order chi connectivity index (χ0) is 14.4. The first kappa shape index (κ1) is 15.5. The van der Waals surface area contributed by atoms with Crippen molar-refractivity contribution in [3.05, 3.63) is 22.4 Å². The Morgan fingerprint density at radius 1 is 1.40 bits per heavy atom. The van der Waals surface area contributed by atoms with E-state index in [0.29, 0.717) is 18.4 Å². The van der Waals surface area contributed by atoms with Gasteiger partial charge in [-0.25, -0.2) is 0 Å². The lowest BCUT2D eigenvalue weighted by Crippen LogP contribution is -2.35. The average Bonchev–Trinajstić information content (AvgIpc) is 3.09. The third kappa shape index (κ3) is 4.60. The molecule has 20 heavy (non-hydrogen) atoms. The van der Waals surface area contributed by atoms with E-state index in [0.717, 1.165) is 6.54 Å². The van der Waals surface area contributed by atoms with Crippen LogP contribution in [-0.4, -0.2) is 18.5 Å². The highest BCUT2D eigenvalue weighted by Crippen LogP contribution is 2.37. The average molecular weight is 294 g/mol. The number of hydrogen-bond donors (Lipinski definition) is 2. The van der Waals surface area contributed by atoms with Crippen molar-refractivity contribution in [3.63, 3.8) is 0 Å². The fourth-order valence-corrected chi connectivity index (χ4v) is 3.77. The maximum absolute atomic E-state index is 12.1. The summed E-state index contributed by atoms with van der Waals surface area (Å²) in [5.74, 6) is 0.791. The van der Waals surface area contributed by atoms with Crippen molar-refractivity contribution in [1.82, 2.24) is 10.6 Å². The summed E-state index contributed by atoms with van der Waals surface area (Å²) in [4.78, 5) is 13.4. The van der Waals surface area contributed by atoms with Gasteiger partial charge < -0.3 is 10.6 Å². The lowest BCUT2D eigenvalue weighted by Gasteiger charge is -2.24. The molecule has 1 heterocycles. The molecule has 4 heteroatoms. The van der Waals surface area contributed by atoms with E-state index in [1.54, 1.807) is 11.3 Å². The van der Waals surface area contributed by atoms with Crippen LogP contribution in [-0.2, 0) is 4.79 Å². The third-order valence-electron chi connectivity index (χ3n) is 3.94. The second-order valence-electron chi connectivity index (χ2n) is 5.96. The summed E-state index contributed by atoms with van der Waals surface area (Å²) in [6, 6.07) is 4.89. The van der Waals surface area contributed by atoms with Gasteiger partial charge in [-0.1, -0.05) is 32.8 Å². The molecule has 112 valence electrons. The van der Waals surface area contributed by atoms with Gasteiger partial charge in [0.1, 0.15) is 0 Å². The SMILES string of the molecule is CC(C)NCCC(=O)NC(c1cccs1)C1CCCC1. The summed E-state index contributed by atoms with van der Waals surface area (Å²) in [7, 11) is 0. The molecule has 0 aliphatic heterocycles. The predicted molar refractivity (Wildman–Crippen MR) is 84.9 cm³/mol. The Morgan fingerprint density at radius 2 is 2.15 bits per heavy atom. The minimum absolute atomic E-state index is 0.170. The molecule has 1 aromatic heterocycles. The molecule has 3 nitrogen and oxygen atoms in total. The van der Waals surface area contributed by atoms with Crippen LogP contribution in [0.1, 0.15) is 56.9 Å². The second-order valence-corrected chi connectivity index (χ2v) is 6.94. The van der Waals surface area contributed by atoms with Crippen LogP contribution >= 0.6 is 11.3 Å². The molecule has 0 aromatic carbocycles. The number of thiophene rings is 1. The third-order valence-corrected chi connectivity index (χ3v) is 4.90. The minimum atomic E-state index is 0.170. The van der Waals surface area contributed by atoms with E-state index in [-0.39, 0.29) is 11.9 Å². The first-order valence-electron chi connectivity index (χ1n) is 7.73. The van der Waals surface area contributed by atoms with E-state index in [2.05, 4.69) is 42.0 Å².